The molecular formula is C16H16N2OS2. The second kappa shape index (κ2) is 6.45. The first-order valence-corrected chi connectivity index (χ1v) is 8.76. The topological polar surface area (TPSA) is 38.9 Å². The minimum Gasteiger partial charge on any atom is -0.338 e. The highest BCUT2D eigenvalue weighted by Gasteiger charge is 2.09. The van der Waals surface area contributed by atoms with Gasteiger partial charge < -0.3 is 4.52 Å². The molecule has 0 aliphatic heterocycles. The van der Waals surface area contributed by atoms with Crippen molar-refractivity contribution < 1.29 is 4.52 Å². The fraction of sp³-hybridized carbons (Fsp3) is 0.250. The Kier molecular flexibility index (Phi) is 4.41. The van der Waals surface area contributed by atoms with Gasteiger partial charge in [-0.15, -0.1) is 23.1 Å². The standard InChI is InChI=1S/C16H16N2OS2/c1-11-5-6-12(2)13(8-11)9-20-10-15-17-16(18-19-15)14-4-3-7-21-14/h3-8H,9-10H2,1-2H3. The van der Waals surface area contributed by atoms with Gasteiger partial charge in [0.2, 0.25) is 11.7 Å². The van der Waals surface area contributed by atoms with Crippen molar-refractivity contribution in [3.05, 3.63) is 58.3 Å². The molecule has 5 heteroatoms. The van der Waals surface area contributed by atoms with E-state index in [4.69, 9.17) is 4.52 Å². The van der Waals surface area contributed by atoms with Crippen LogP contribution in [0, 0.1) is 13.8 Å². The molecule has 1 aromatic carbocycles. The maximum atomic E-state index is 5.31. The first-order chi connectivity index (χ1) is 10.2. The Morgan fingerprint density at radius 1 is 1.19 bits per heavy atom. The third kappa shape index (κ3) is 3.54. The number of thioether (sulfide) groups is 1. The lowest BCUT2D eigenvalue weighted by atomic mass is 10.1. The smallest absolute Gasteiger partial charge is 0.236 e. The van der Waals surface area contributed by atoms with Gasteiger partial charge in [0.05, 0.1) is 10.6 Å². The summed E-state index contributed by atoms with van der Waals surface area (Å²) in [6, 6.07) is 10.6. The van der Waals surface area contributed by atoms with Gasteiger partial charge in [-0.05, 0) is 36.4 Å². The minimum atomic E-state index is 0.687. The molecule has 3 aromatic rings. The van der Waals surface area contributed by atoms with E-state index in [1.165, 1.54) is 16.7 Å². The maximum absolute atomic E-state index is 5.31. The zero-order valence-corrected chi connectivity index (χ0v) is 13.6. The summed E-state index contributed by atoms with van der Waals surface area (Å²) in [6.07, 6.45) is 0. The second-order valence-corrected chi connectivity index (χ2v) is 6.85. The fourth-order valence-electron chi connectivity index (χ4n) is 2.02. The number of rotatable bonds is 5. The van der Waals surface area contributed by atoms with Crippen LogP contribution in [0.5, 0.6) is 0 Å². The third-order valence-corrected chi connectivity index (χ3v) is 5.03. The molecule has 0 bridgehead atoms. The van der Waals surface area contributed by atoms with Gasteiger partial charge in [-0.3, -0.25) is 0 Å². The van der Waals surface area contributed by atoms with Gasteiger partial charge >= 0.3 is 0 Å². The molecule has 0 amide bonds. The van der Waals surface area contributed by atoms with E-state index in [0.717, 1.165) is 16.4 Å². The molecule has 3 nitrogen and oxygen atoms in total. The van der Waals surface area contributed by atoms with Crippen LogP contribution in [0.3, 0.4) is 0 Å². The summed E-state index contributed by atoms with van der Waals surface area (Å²) in [5.74, 6) is 3.08. The molecule has 108 valence electrons. The molecule has 0 saturated heterocycles. The van der Waals surface area contributed by atoms with E-state index in [1.807, 2.05) is 17.5 Å². The van der Waals surface area contributed by atoms with Crippen molar-refractivity contribution >= 4 is 23.1 Å². The van der Waals surface area contributed by atoms with Crippen molar-refractivity contribution in [2.24, 2.45) is 0 Å². The summed E-state index contributed by atoms with van der Waals surface area (Å²) in [5, 5.41) is 6.04. The van der Waals surface area contributed by atoms with Gasteiger partial charge in [-0.25, -0.2) is 0 Å². The normalized spacial score (nSPS) is 11.0. The monoisotopic (exact) mass is 316 g/mol. The zero-order valence-electron chi connectivity index (χ0n) is 12.0. The molecule has 0 N–H and O–H groups in total. The van der Waals surface area contributed by atoms with Crippen LogP contribution in [0.4, 0.5) is 0 Å². The molecule has 2 aromatic heterocycles. The predicted molar refractivity (Wildman–Crippen MR) is 88.5 cm³/mol. The first-order valence-electron chi connectivity index (χ1n) is 6.73. The molecule has 0 spiro atoms. The Morgan fingerprint density at radius 3 is 2.90 bits per heavy atom. The van der Waals surface area contributed by atoms with Crippen molar-refractivity contribution in [1.82, 2.24) is 10.1 Å². The lowest BCUT2D eigenvalue weighted by Crippen LogP contribution is -1.89. The molecule has 21 heavy (non-hydrogen) atoms. The van der Waals surface area contributed by atoms with Gasteiger partial charge in [-0.1, -0.05) is 35.0 Å². The highest BCUT2D eigenvalue weighted by Crippen LogP contribution is 2.24. The minimum absolute atomic E-state index is 0.687. The van der Waals surface area contributed by atoms with Crippen LogP contribution in [-0.4, -0.2) is 10.1 Å². The molecule has 0 atom stereocenters. The van der Waals surface area contributed by atoms with Crippen molar-refractivity contribution in [2.45, 2.75) is 25.4 Å². The largest absolute Gasteiger partial charge is 0.338 e. The molecule has 0 saturated carbocycles. The van der Waals surface area contributed by atoms with Crippen LogP contribution in [0.1, 0.15) is 22.6 Å². The summed E-state index contributed by atoms with van der Waals surface area (Å²) in [5.41, 5.74) is 4.00. The SMILES string of the molecule is Cc1ccc(C)c(CSCc2nc(-c3cccs3)no2)c1. The van der Waals surface area contributed by atoms with Gasteiger partial charge in [-0.2, -0.15) is 4.98 Å². The summed E-state index contributed by atoms with van der Waals surface area (Å²) >= 11 is 3.42. The number of aromatic nitrogens is 2. The Labute approximate surface area is 132 Å². The van der Waals surface area contributed by atoms with Gasteiger partial charge in [0.25, 0.3) is 0 Å². The molecule has 0 fully saturated rings. The number of hydrogen-bond donors (Lipinski definition) is 0. The predicted octanol–water partition coefficient (Wildman–Crippen LogP) is 4.85. The number of hydrogen-bond acceptors (Lipinski definition) is 5. The highest BCUT2D eigenvalue weighted by molar-refractivity contribution is 7.97. The average Bonchev–Trinajstić information content (AvgIpc) is 3.13. The van der Waals surface area contributed by atoms with Gasteiger partial charge in [0, 0.05) is 5.75 Å². The van der Waals surface area contributed by atoms with E-state index < -0.39 is 0 Å². The lowest BCUT2D eigenvalue weighted by molar-refractivity contribution is 0.392. The van der Waals surface area contributed by atoms with E-state index >= 15 is 0 Å². The molecule has 0 aliphatic rings. The van der Waals surface area contributed by atoms with Crippen molar-refractivity contribution in [3.8, 4) is 10.7 Å². The number of thiophene rings is 1. The van der Waals surface area contributed by atoms with E-state index in [-0.39, 0.29) is 0 Å². The highest BCUT2D eigenvalue weighted by atomic mass is 32.2. The Hall–Kier alpha value is -1.59. The van der Waals surface area contributed by atoms with Crippen molar-refractivity contribution in [1.29, 1.82) is 0 Å². The first kappa shape index (κ1) is 14.4. The van der Waals surface area contributed by atoms with Crippen LogP contribution >= 0.6 is 23.1 Å². The van der Waals surface area contributed by atoms with Crippen LogP contribution in [0.15, 0.2) is 40.2 Å². The van der Waals surface area contributed by atoms with E-state index in [0.29, 0.717) is 11.7 Å². The zero-order chi connectivity index (χ0) is 14.7. The number of benzene rings is 1. The number of aryl methyl sites for hydroxylation is 2. The molecule has 0 aliphatic carbocycles. The summed E-state index contributed by atoms with van der Waals surface area (Å²) in [4.78, 5) is 5.48. The van der Waals surface area contributed by atoms with Gasteiger partial charge in [0.1, 0.15) is 0 Å². The molecule has 0 unspecified atom stereocenters. The summed E-state index contributed by atoms with van der Waals surface area (Å²) in [7, 11) is 0. The van der Waals surface area contributed by atoms with Crippen LogP contribution in [-0.2, 0) is 11.5 Å². The Morgan fingerprint density at radius 2 is 2.10 bits per heavy atom. The Balaban J connectivity index is 1.60. The van der Waals surface area contributed by atoms with Crippen LogP contribution in [0.2, 0.25) is 0 Å². The average molecular weight is 316 g/mol. The molecule has 0 radical (unpaired) electrons. The fourth-order valence-corrected chi connectivity index (χ4v) is 3.60. The van der Waals surface area contributed by atoms with E-state index in [1.54, 1.807) is 23.1 Å². The Bertz CT molecular complexity index is 720. The summed E-state index contributed by atoms with van der Waals surface area (Å²) in [6.45, 7) is 4.27. The van der Waals surface area contributed by atoms with Crippen LogP contribution < -0.4 is 0 Å². The van der Waals surface area contributed by atoms with E-state index in [9.17, 15) is 0 Å². The second-order valence-electron chi connectivity index (χ2n) is 4.91. The third-order valence-electron chi connectivity index (χ3n) is 3.20. The molecular weight excluding hydrogens is 300 g/mol. The maximum Gasteiger partial charge on any atom is 0.236 e. The van der Waals surface area contributed by atoms with Crippen molar-refractivity contribution in [2.75, 3.05) is 0 Å². The summed E-state index contributed by atoms with van der Waals surface area (Å²) < 4.78 is 5.31. The molecule has 3 rings (SSSR count). The lowest BCUT2D eigenvalue weighted by Gasteiger charge is -2.05. The van der Waals surface area contributed by atoms with Crippen LogP contribution in [0.25, 0.3) is 10.7 Å². The van der Waals surface area contributed by atoms with Gasteiger partial charge in [0.15, 0.2) is 0 Å². The quantitative estimate of drug-likeness (QED) is 0.674. The molecule has 2 heterocycles. The number of nitrogens with zero attached hydrogens (tertiary/aromatic N) is 2. The van der Waals surface area contributed by atoms with Crippen molar-refractivity contribution in [3.63, 3.8) is 0 Å². The van der Waals surface area contributed by atoms with E-state index in [2.05, 4.69) is 42.2 Å².